The zero-order valence-electron chi connectivity index (χ0n) is 12.9. The highest BCUT2D eigenvalue weighted by atomic mass is 16.5. The molecule has 20 heavy (non-hydrogen) atoms. The number of benzene rings is 1. The second-order valence-corrected chi connectivity index (χ2v) is 4.68. The van der Waals surface area contributed by atoms with E-state index in [0.717, 1.165) is 17.1 Å². The lowest BCUT2D eigenvalue weighted by molar-refractivity contribution is -0.131. The molecule has 0 radical (unpaired) electrons. The lowest BCUT2D eigenvalue weighted by atomic mass is 10.2. The van der Waals surface area contributed by atoms with Crippen molar-refractivity contribution in [1.82, 2.24) is 10.2 Å². The summed E-state index contributed by atoms with van der Waals surface area (Å²) in [7, 11) is 5.04. The van der Waals surface area contributed by atoms with E-state index in [-0.39, 0.29) is 11.9 Å². The smallest absolute Gasteiger partial charge is 0.239 e. The maximum absolute atomic E-state index is 12.0. The highest BCUT2D eigenvalue weighted by Gasteiger charge is 2.15. The van der Waals surface area contributed by atoms with Crippen molar-refractivity contribution in [2.24, 2.45) is 0 Å². The van der Waals surface area contributed by atoms with Gasteiger partial charge in [0.15, 0.2) is 0 Å². The third kappa shape index (κ3) is 4.42. The fourth-order valence-electron chi connectivity index (χ4n) is 1.81. The Balaban J connectivity index is 2.67. The molecule has 0 saturated heterocycles. The third-order valence-electron chi connectivity index (χ3n) is 3.24. The quantitative estimate of drug-likeness (QED) is 0.825. The number of hydrogen-bond donors (Lipinski definition) is 1. The molecule has 0 aliphatic heterocycles. The van der Waals surface area contributed by atoms with Crippen LogP contribution in [-0.4, -0.2) is 44.7 Å². The van der Waals surface area contributed by atoms with Gasteiger partial charge in [-0.25, -0.2) is 0 Å². The maximum Gasteiger partial charge on any atom is 0.239 e. The second kappa shape index (κ2) is 7.75. The van der Waals surface area contributed by atoms with Crippen molar-refractivity contribution >= 4 is 5.91 Å². The van der Waals surface area contributed by atoms with Gasteiger partial charge in [0, 0.05) is 26.2 Å². The van der Waals surface area contributed by atoms with Crippen LogP contribution in [0.4, 0.5) is 0 Å². The van der Waals surface area contributed by atoms with Gasteiger partial charge in [-0.2, -0.15) is 0 Å². The zero-order chi connectivity index (χ0) is 15.1. The van der Waals surface area contributed by atoms with E-state index in [9.17, 15) is 4.79 Å². The minimum Gasteiger partial charge on any atom is -0.497 e. The molecule has 1 atom stereocenters. The van der Waals surface area contributed by atoms with E-state index < -0.39 is 0 Å². The molecule has 1 rings (SSSR count). The van der Waals surface area contributed by atoms with E-state index in [1.807, 2.05) is 32.0 Å². The first-order valence-electron chi connectivity index (χ1n) is 6.72. The molecule has 1 aromatic carbocycles. The van der Waals surface area contributed by atoms with Crippen molar-refractivity contribution in [3.8, 4) is 11.5 Å². The van der Waals surface area contributed by atoms with E-state index in [2.05, 4.69) is 5.32 Å². The van der Waals surface area contributed by atoms with Crippen LogP contribution in [0.5, 0.6) is 11.5 Å². The Kier molecular flexibility index (Phi) is 6.31. The molecule has 1 amide bonds. The monoisotopic (exact) mass is 280 g/mol. The van der Waals surface area contributed by atoms with Gasteiger partial charge in [0.05, 0.1) is 20.3 Å². The average Bonchev–Trinajstić information content (AvgIpc) is 2.50. The molecule has 5 nitrogen and oxygen atoms in total. The predicted molar refractivity (Wildman–Crippen MR) is 79.2 cm³/mol. The van der Waals surface area contributed by atoms with Crippen molar-refractivity contribution in [3.05, 3.63) is 23.8 Å². The number of nitrogens with zero attached hydrogens (tertiary/aromatic N) is 1. The third-order valence-corrected chi connectivity index (χ3v) is 3.24. The van der Waals surface area contributed by atoms with Crippen LogP contribution < -0.4 is 14.8 Å². The Morgan fingerprint density at radius 1 is 1.25 bits per heavy atom. The summed E-state index contributed by atoms with van der Waals surface area (Å²) in [6, 6.07) is 5.45. The van der Waals surface area contributed by atoms with Gasteiger partial charge in [0.25, 0.3) is 0 Å². The summed E-state index contributed by atoms with van der Waals surface area (Å²) in [6.45, 7) is 5.11. The first kappa shape index (κ1) is 16.3. The van der Waals surface area contributed by atoms with Gasteiger partial charge in [-0.1, -0.05) is 0 Å². The molecule has 0 spiro atoms. The summed E-state index contributed by atoms with van der Waals surface area (Å²) >= 11 is 0. The normalized spacial score (nSPS) is 11.8. The number of carbonyl (C=O) groups is 1. The largest absolute Gasteiger partial charge is 0.497 e. The molecule has 0 heterocycles. The first-order valence-corrected chi connectivity index (χ1v) is 6.72. The fraction of sp³-hybridized carbons (Fsp3) is 0.533. The molecular formula is C15H24N2O3. The fourth-order valence-corrected chi connectivity index (χ4v) is 1.81. The summed E-state index contributed by atoms with van der Waals surface area (Å²) in [5, 5.41) is 3.21. The van der Waals surface area contributed by atoms with Crippen LogP contribution >= 0.6 is 0 Å². The molecule has 0 fully saturated rings. The summed E-state index contributed by atoms with van der Waals surface area (Å²) in [5.74, 6) is 1.57. The van der Waals surface area contributed by atoms with Crippen molar-refractivity contribution in [2.45, 2.75) is 26.4 Å². The van der Waals surface area contributed by atoms with Crippen molar-refractivity contribution in [2.75, 3.05) is 27.8 Å². The van der Waals surface area contributed by atoms with Crippen LogP contribution in [0.3, 0.4) is 0 Å². The Morgan fingerprint density at radius 2 is 1.80 bits per heavy atom. The number of nitrogens with one attached hydrogen (secondary N) is 1. The van der Waals surface area contributed by atoms with Gasteiger partial charge in [-0.15, -0.1) is 0 Å². The molecule has 1 unspecified atom stereocenters. The van der Waals surface area contributed by atoms with Gasteiger partial charge in [-0.3, -0.25) is 4.79 Å². The van der Waals surface area contributed by atoms with E-state index in [0.29, 0.717) is 13.1 Å². The first-order chi connectivity index (χ1) is 9.51. The van der Waals surface area contributed by atoms with E-state index in [4.69, 9.17) is 9.47 Å². The Labute approximate surface area is 120 Å². The van der Waals surface area contributed by atoms with Crippen LogP contribution in [0.25, 0.3) is 0 Å². The number of hydrogen-bond acceptors (Lipinski definition) is 4. The Morgan fingerprint density at radius 3 is 2.25 bits per heavy atom. The van der Waals surface area contributed by atoms with E-state index in [1.165, 1.54) is 0 Å². The molecule has 0 saturated carbocycles. The average molecular weight is 280 g/mol. The lowest BCUT2D eigenvalue weighted by Crippen LogP contribution is -2.42. The molecular weight excluding hydrogens is 256 g/mol. The van der Waals surface area contributed by atoms with Gasteiger partial charge in [-0.05, 0) is 31.5 Å². The highest BCUT2D eigenvalue weighted by molar-refractivity contribution is 5.81. The topological polar surface area (TPSA) is 50.8 Å². The standard InChI is InChI=1S/C15H24N2O3/c1-6-17(3)15(18)11(2)16-10-12-7-13(19-4)9-14(8-12)20-5/h7-9,11,16H,6,10H2,1-5H3. The molecule has 0 bridgehead atoms. The summed E-state index contributed by atoms with van der Waals surface area (Å²) in [5.41, 5.74) is 1.01. The molecule has 0 aliphatic rings. The Bertz CT molecular complexity index is 426. The number of likely N-dealkylation sites (N-methyl/N-ethyl adjacent to an activating group) is 1. The lowest BCUT2D eigenvalue weighted by Gasteiger charge is -2.20. The number of ether oxygens (including phenoxy) is 2. The van der Waals surface area contributed by atoms with Crippen molar-refractivity contribution < 1.29 is 14.3 Å². The molecule has 112 valence electrons. The van der Waals surface area contributed by atoms with Crippen LogP contribution in [-0.2, 0) is 11.3 Å². The number of carbonyl (C=O) groups excluding carboxylic acids is 1. The van der Waals surface area contributed by atoms with Crippen LogP contribution in [0.2, 0.25) is 0 Å². The molecule has 1 N–H and O–H groups in total. The van der Waals surface area contributed by atoms with Gasteiger partial charge in [0.1, 0.15) is 11.5 Å². The van der Waals surface area contributed by atoms with Crippen LogP contribution in [0, 0.1) is 0 Å². The van der Waals surface area contributed by atoms with E-state index >= 15 is 0 Å². The minimum atomic E-state index is -0.225. The predicted octanol–water partition coefficient (Wildman–Crippen LogP) is 1.66. The minimum absolute atomic E-state index is 0.0855. The van der Waals surface area contributed by atoms with Crippen LogP contribution in [0.15, 0.2) is 18.2 Å². The van der Waals surface area contributed by atoms with Crippen molar-refractivity contribution in [1.29, 1.82) is 0 Å². The SMILES string of the molecule is CCN(C)C(=O)C(C)NCc1cc(OC)cc(OC)c1. The van der Waals surface area contributed by atoms with Gasteiger partial charge >= 0.3 is 0 Å². The number of rotatable bonds is 7. The summed E-state index contributed by atoms with van der Waals surface area (Å²) in [6.07, 6.45) is 0. The van der Waals surface area contributed by atoms with Gasteiger partial charge in [0.2, 0.25) is 5.91 Å². The van der Waals surface area contributed by atoms with Crippen LogP contribution in [0.1, 0.15) is 19.4 Å². The highest BCUT2D eigenvalue weighted by Crippen LogP contribution is 2.22. The summed E-state index contributed by atoms with van der Waals surface area (Å²) in [4.78, 5) is 13.7. The number of methoxy groups -OCH3 is 2. The molecule has 1 aromatic rings. The van der Waals surface area contributed by atoms with Crippen molar-refractivity contribution in [3.63, 3.8) is 0 Å². The van der Waals surface area contributed by atoms with E-state index in [1.54, 1.807) is 26.2 Å². The molecule has 5 heteroatoms. The Hall–Kier alpha value is -1.75. The zero-order valence-corrected chi connectivity index (χ0v) is 12.9. The second-order valence-electron chi connectivity index (χ2n) is 4.68. The molecule has 0 aromatic heterocycles. The maximum atomic E-state index is 12.0. The summed E-state index contributed by atoms with van der Waals surface area (Å²) < 4.78 is 10.4. The molecule has 0 aliphatic carbocycles. The van der Waals surface area contributed by atoms with Gasteiger partial charge < -0.3 is 19.7 Å². The number of amides is 1.